The summed E-state index contributed by atoms with van der Waals surface area (Å²) in [5.41, 5.74) is 0.483. The van der Waals surface area contributed by atoms with Gasteiger partial charge in [0, 0.05) is 13.5 Å². The topological polar surface area (TPSA) is 52.6 Å². The highest BCUT2D eigenvalue weighted by atomic mass is 16.7. The van der Waals surface area contributed by atoms with Crippen LogP contribution in [0.4, 0.5) is 0 Å². The molecular weight excluding hydrogens is 232 g/mol. The Hall–Kier alpha value is -1.94. The van der Waals surface area contributed by atoms with Gasteiger partial charge in [0.05, 0.1) is 5.56 Å². The summed E-state index contributed by atoms with van der Waals surface area (Å²) in [6.07, 6.45) is 4.95. The van der Waals surface area contributed by atoms with Crippen molar-refractivity contribution in [1.82, 2.24) is 0 Å². The lowest BCUT2D eigenvalue weighted by atomic mass is 10.1. The van der Waals surface area contributed by atoms with Gasteiger partial charge in [0.2, 0.25) is 0 Å². The van der Waals surface area contributed by atoms with Crippen LogP contribution in [0.25, 0.3) is 0 Å². The molecule has 0 aromatic heterocycles. The molecule has 1 aromatic carbocycles. The van der Waals surface area contributed by atoms with Gasteiger partial charge in [0.1, 0.15) is 12.0 Å². The average molecular weight is 248 g/mol. The Morgan fingerprint density at radius 3 is 2.78 bits per heavy atom. The van der Waals surface area contributed by atoms with Crippen molar-refractivity contribution < 1.29 is 19.1 Å². The van der Waals surface area contributed by atoms with Crippen molar-refractivity contribution in [3.05, 3.63) is 42.0 Å². The second-order valence-corrected chi connectivity index (χ2v) is 3.56. The average Bonchev–Trinajstić information content (AvgIpc) is 2.41. The number of hydrogen-bond acceptors (Lipinski definition) is 4. The van der Waals surface area contributed by atoms with Crippen LogP contribution in [-0.4, -0.2) is 26.0 Å². The predicted octanol–water partition coefficient (Wildman–Crippen LogP) is 2.39. The van der Waals surface area contributed by atoms with Gasteiger partial charge in [-0.1, -0.05) is 18.2 Å². The number of allylic oxidation sites excluding steroid dienone is 2. The number of para-hydroxylation sites is 1. The molecule has 0 aliphatic carbocycles. The van der Waals surface area contributed by atoms with Crippen LogP contribution in [0, 0.1) is 0 Å². The van der Waals surface area contributed by atoms with E-state index < -0.39 is 0 Å². The minimum atomic E-state index is -0.146. The highest BCUT2D eigenvalue weighted by Gasteiger charge is 2.08. The van der Waals surface area contributed by atoms with Crippen LogP contribution in [0.5, 0.6) is 5.75 Å². The fraction of sp³-hybridized carbons (Fsp3) is 0.286. The summed E-state index contributed by atoms with van der Waals surface area (Å²) in [4.78, 5) is 22.0. The zero-order valence-corrected chi connectivity index (χ0v) is 10.3. The van der Waals surface area contributed by atoms with Gasteiger partial charge >= 0.3 is 0 Å². The quantitative estimate of drug-likeness (QED) is 0.233. The third kappa shape index (κ3) is 4.51. The molecule has 1 rings (SSSR count). The molecule has 0 bridgehead atoms. The van der Waals surface area contributed by atoms with Crippen molar-refractivity contribution >= 4 is 12.1 Å². The molecule has 4 nitrogen and oxygen atoms in total. The normalized spacial score (nSPS) is 10.5. The molecule has 0 saturated heterocycles. The maximum absolute atomic E-state index is 11.9. The first-order chi connectivity index (χ1) is 8.79. The molecule has 1 aromatic rings. The standard InChI is InChI=1S/C14H16O4/c1-17-11-18-14-9-5-4-7-12(14)13(16)8-3-2-6-10-15/h3-5,7-10H,2,6,11H2,1H3/b8-3+. The molecule has 0 atom stereocenters. The molecule has 18 heavy (non-hydrogen) atoms. The number of hydrogen-bond donors (Lipinski definition) is 0. The maximum Gasteiger partial charge on any atom is 0.189 e. The van der Waals surface area contributed by atoms with Crippen LogP contribution < -0.4 is 4.74 Å². The zero-order chi connectivity index (χ0) is 13.2. The van der Waals surface area contributed by atoms with E-state index in [0.29, 0.717) is 24.2 Å². The second-order valence-electron chi connectivity index (χ2n) is 3.56. The van der Waals surface area contributed by atoms with Crippen LogP contribution in [0.2, 0.25) is 0 Å². The van der Waals surface area contributed by atoms with Crippen molar-refractivity contribution in [3.63, 3.8) is 0 Å². The summed E-state index contributed by atoms with van der Waals surface area (Å²) in [7, 11) is 1.52. The molecule has 96 valence electrons. The monoisotopic (exact) mass is 248 g/mol. The van der Waals surface area contributed by atoms with Crippen LogP contribution >= 0.6 is 0 Å². The highest BCUT2D eigenvalue weighted by molar-refractivity contribution is 6.06. The van der Waals surface area contributed by atoms with Crippen molar-refractivity contribution in [3.8, 4) is 5.75 Å². The van der Waals surface area contributed by atoms with Gasteiger partial charge in [-0.05, 0) is 24.6 Å². The Balaban J connectivity index is 2.71. The van der Waals surface area contributed by atoms with Gasteiger partial charge in [-0.15, -0.1) is 0 Å². The lowest BCUT2D eigenvalue weighted by molar-refractivity contribution is -0.107. The number of unbranched alkanes of at least 4 members (excludes halogenated alkanes) is 1. The molecule has 0 unspecified atom stereocenters. The zero-order valence-electron chi connectivity index (χ0n) is 10.3. The first kappa shape index (κ1) is 14.1. The smallest absolute Gasteiger partial charge is 0.189 e. The molecule has 0 saturated carbocycles. The SMILES string of the molecule is COCOc1ccccc1C(=O)/C=C/CCC=O. The second kappa shape index (κ2) is 8.20. The summed E-state index contributed by atoms with van der Waals surface area (Å²) in [5.74, 6) is 0.344. The van der Waals surface area contributed by atoms with E-state index in [2.05, 4.69) is 0 Å². The number of carbonyl (C=O) groups is 2. The number of carbonyl (C=O) groups excluding carboxylic acids is 2. The lowest BCUT2D eigenvalue weighted by Crippen LogP contribution is -2.04. The third-order valence-electron chi connectivity index (χ3n) is 2.21. The van der Waals surface area contributed by atoms with Crippen molar-refractivity contribution in [2.24, 2.45) is 0 Å². The molecule has 0 heterocycles. The van der Waals surface area contributed by atoms with E-state index in [1.807, 2.05) is 0 Å². The lowest BCUT2D eigenvalue weighted by Gasteiger charge is -2.08. The summed E-state index contributed by atoms with van der Waals surface area (Å²) in [6.45, 7) is 0.0964. The Morgan fingerprint density at radius 2 is 2.06 bits per heavy atom. The van der Waals surface area contributed by atoms with Crippen molar-refractivity contribution in [2.45, 2.75) is 12.8 Å². The number of methoxy groups -OCH3 is 1. The van der Waals surface area contributed by atoms with Crippen LogP contribution in [0.1, 0.15) is 23.2 Å². The van der Waals surface area contributed by atoms with E-state index in [-0.39, 0.29) is 12.6 Å². The Bertz CT molecular complexity index is 424. The van der Waals surface area contributed by atoms with Gasteiger partial charge in [-0.25, -0.2) is 0 Å². The molecule has 0 amide bonds. The van der Waals surface area contributed by atoms with Gasteiger partial charge in [0.25, 0.3) is 0 Å². The summed E-state index contributed by atoms with van der Waals surface area (Å²) < 4.78 is 10.1. The summed E-state index contributed by atoms with van der Waals surface area (Å²) >= 11 is 0. The minimum absolute atomic E-state index is 0.0964. The summed E-state index contributed by atoms with van der Waals surface area (Å²) in [6, 6.07) is 6.97. The molecule has 0 spiro atoms. The first-order valence-electron chi connectivity index (χ1n) is 5.65. The molecule has 0 N–H and O–H groups in total. The Kier molecular flexibility index (Phi) is 6.43. The Morgan fingerprint density at radius 1 is 1.28 bits per heavy atom. The van der Waals surface area contributed by atoms with Gasteiger partial charge in [0.15, 0.2) is 12.6 Å². The maximum atomic E-state index is 11.9. The fourth-order valence-corrected chi connectivity index (χ4v) is 1.36. The van der Waals surface area contributed by atoms with E-state index in [1.54, 1.807) is 30.3 Å². The van der Waals surface area contributed by atoms with E-state index in [1.165, 1.54) is 13.2 Å². The van der Waals surface area contributed by atoms with E-state index in [0.717, 1.165) is 6.29 Å². The summed E-state index contributed by atoms with van der Waals surface area (Å²) in [5, 5.41) is 0. The van der Waals surface area contributed by atoms with Crippen molar-refractivity contribution in [2.75, 3.05) is 13.9 Å². The molecule has 0 radical (unpaired) electrons. The van der Waals surface area contributed by atoms with E-state index >= 15 is 0 Å². The largest absolute Gasteiger partial charge is 0.467 e. The first-order valence-corrected chi connectivity index (χ1v) is 5.65. The number of benzene rings is 1. The predicted molar refractivity (Wildman–Crippen MR) is 67.7 cm³/mol. The number of ketones is 1. The van der Waals surface area contributed by atoms with E-state index in [4.69, 9.17) is 9.47 Å². The van der Waals surface area contributed by atoms with E-state index in [9.17, 15) is 9.59 Å². The van der Waals surface area contributed by atoms with Gasteiger partial charge < -0.3 is 14.3 Å². The highest BCUT2D eigenvalue weighted by Crippen LogP contribution is 2.19. The molecule has 0 aliphatic heterocycles. The fourth-order valence-electron chi connectivity index (χ4n) is 1.36. The van der Waals surface area contributed by atoms with Gasteiger partial charge in [-0.3, -0.25) is 4.79 Å². The minimum Gasteiger partial charge on any atom is -0.467 e. The van der Waals surface area contributed by atoms with Crippen molar-refractivity contribution in [1.29, 1.82) is 0 Å². The van der Waals surface area contributed by atoms with Crippen LogP contribution in [-0.2, 0) is 9.53 Å². The molecule has 0 aliphatic rings. The molecular formula is C14H16O4. The molecule has 4 heteroatoms. The van der Waals surface area contributed by atoms with Gasteiger partial charge in [-0.2, -0.15) is 0 Å². The Labute approximate surface area is 106 Å². The van der Waals surface area contributed by atoms with Crippen LogP contribution in [0.3, 0.4) is 0 Å². The van der Waals surface area contributed by atoms with Crippen LogP contribution in [0.15, 0.2) is 36.4 Å². The number of aldehydes is 1. The molecule has 0 fully saturated rings. The third-order valence-corrected chi connectivity index (χ3v) is 2.21. The number of ether oxygens (including phenoxy) is 2. The number of rotatable bonds is 8.